The molecule has 0 aliphatic heterocycles. The summed E-state index contributed by atoms with van der Waals surface area (Å²) in [5.74, 6) is 0. The van der Waals surface area contributed by atoms with Gasteiger partial charge in [0.05, 0.1) is 35.9 Å². The first-order valence-electron chi connectivity index (χ1n) is 9.61. The largest absolute Gasteiger partial charge is 0.277 e. The van der Waals surface area contributed by atoms with E-state index in [1.54, 1.807) is 13.8 Å². The maximum absolute atomic E-state index is 13.0. The van der Waals surface area contributed by atoms with Crippen molar-refractivity contribution in [2.75, 3.05) is 0 Å². The summed E-state index contributed by atoms with van der Waals surface area (Å²) >= 11 is 0. The zero-order chi connectivity index (χ0) is 22.2. The van der Waals surface area contributed by atoms with Crippen molar-refractivity contribution in [2.24, 2.45) is 0 Å². The highest BCUT2D eigenvalue weighted by Gasteiger charge is 2.17. The van der Waals surface area contributed by atoms with Crippen LogP contribution in [0.15, 0.2) is 34.4 Å². The van der Waals surface area contributed by atoms with Crippen molar-refractivity contribution in [1.29, 1.82) is 0 Å². The summed E-state index contributed by atoms with van der Waals surface area (Å²) in [6, 6.07) is 2.27. The summed E-state index contributed by atoms with van der Waals surface area (Å²) in [5.41, 5.74) is -0.165. The third-order valence-corrected chi connectivity index (χ3v) is 4.99. The van der Waals surface area contributed by atoms with Gasteiger partial charge in [-0.05, 0) is 41.6 Å². The standard InChI is InChI=1S/C16H16N14O2/c1-9(5-27-8-18-22-26-27)29-15(31)11-3-14-12(4-13(11)20-24-29)16(32)30(25-21-14)10(2)6-28-19-7-17-23-28/h3-4,7-10H,5-6H2,1-2H3/t9-,10+/m0/s1. The highest BCUT2D eigenvalue weighted by Crippen LogP contribution is 2.15. The van der Waals surface area contributed by atoms with Gasteiger partial charge in [-0.3, -0.25) is 9.59 Å². The van der Waals surface area contributed by atoms with Crippen molar-refractivity contribution >= 4 is 21.8 Å². The Morgan fingerprint density at radius 2 is 1.44 bits per heavy atom. The topological polar surface area (TPSA) is 183 Å². The van der Waals surface area contributed by atoms with Gasteiger partial charge < -0.3 is 0 Å². The molecule has 0 fully saturated rings. The number of nitrogens with zero attached hydrogens (tertiary/aromatic N) is 14. The Morgan fingerprint density at radius 3 is 1.97 bits per heavy atom. The van der Waals surface area contributed by atoms with Crippen molar-refractivity contribution in [3.63, 3.8) is 0 Å². The molecule has 5 aromatic rings. The summed E-state index contributed by atoms with van der Waals surface area (Å²) in [4.78, 5) is 27.4. The van der Waals surface area contributed by atoms with E-state index in [9.17, 15) is 9.59 Å². The van der Waals surface area contributed by atoms with Crippen LogP contribution < -0.4 is 11.1 Å². The smallest absolute Gasteiger partial charge is 0.267 e. The molecule has 32 heavy (non-hydrogen) atoms. The quantitative estimate of drug-likeness (QED) is 0.278. The summed E-state index contributed by atoms with van der Waals surface area (Å²) in [6.45, 7) is 4.21. The fourth-order valence-electron chi connectivity index (χ4n) is 3.38. The van der Waals surface area contributed by atoms with Crippen LogP contribution in [0.25, 0.3) is 21.8 Å². The lowest BCUT2D eigenvalue weighted by Gasteiger charge is -2.14. The predicted molar refractivity (Wildman–Crippen MR) is 106 cm³/mol. The molecule has 0 radical (unpaired) electrons. The molecule has 0 bridgehead atoms. The number of rotatable bonds is 6. The van der Waals surface area contributed by atoms with E-state index in [4.69, 9.17) is 0 Å². The lowest BCUT2D eigenvalue weighted by molar-refractivity contribution is 0.354. The number of benzene rings is 1. The minimum Gasteiger partial charge on any atom is -0.267 e. The van der Waals surface area contributed by atoms with Crippen LogP contribution in [0, 0.1) is 0 Å². The van der Waals surface area contributed by atoms with Crippen molar-refractivity contribution in [3.05, 3.63) is 45.5 Å². The number of hydrogen-bond acceptors (Lipinski definition) is 12. The number of hydrogen-bond donors (Lipinski definition) is 0. The van der Waals surface area contributed by atoms with Crippen LogP contribution >= 0.6 is 0 Å². The minimum atomic E-state index is -0.379. The zero-order valence-corrected chi connectivity index (χ0v) is 17.0. The van der Waals surface area contributed by atoms with Crippen molar-refractivity contribution in [3.8, 4) is 0 Å². The molecule has 5 rings (SSSR count). The molecule has 0 amide bonds. The van der Waals surface area contributed by atoms with Crippen LogP contribution in [-0.4, -0.2) is 70.4 Å². The van der Waals surface area contributed by atoms with E-state index in [2.05, 4.69) is 51.6 Å². The third kappa shape index (κ3) is 3.36. The van der Waals surface area contributed by atoms with Gasteiger partial charge in [0.2, 0.25) is 0 Å². The van der Waals surface area contributed by atoms with E-state index in [0.717, 1.165) is 0 Å². The molecular weight excluding hydrogens is 420 g/mol. The molecule has 4 heterocycles. The first-order chi connectivity index (χ1) is 15.5. The molecule has 0 saturated carbocycles. The summed E-state index contributed by atoms with van der Waals surface area (Å²) < 4.78 is 3.98. The monoisotopic (exact) mass is 436 g/mol. The summed E-state index contributed by atoms with van der Waals surface area (Å²) in [5, 5.41) is 39.2. The van der Waals surface area contributed by atoms with Gasteiger partial charge in [0.15, 0.2) is 6.33 Å². The molecule has 4 aromatic heterocycles. The highest BCUT2D eigenvalue weighted by atomic mass is 16.1. The van der Waals surface area contributed by atoms with Gasteiger partial charge in [-0.15, -0.1) is 25.5 Å². The van der Waals surface area contributed by atoms with E-state index < -0.39 is 0 Å². The molecule has 0 saturated heterocycles. The van der Waals surface area contributed by atoms with Gasteiger partial charge in [0.25, 0.3) is 11.1 Å². The van der Waals surface area contributed by atoms with Crippen LogP contribution in [0.1, 0.15) is 25.9 Å². The van der Waals surface area contributed by atoms with Gasteiger partial charge in [0, 0.05) is 0 Å². The molecular formula is C16H16N14O2. The van der Waals surface area contributed by atoms with Gasteiger partial charge in [0.1, 0.15) is 17.4 Å². The van der Waals surface area contributed by atoms with Crippen LogP contribution in [0.2, 0.25) is 0 Å². The second-order valence-electron chi connectivity index (χ2n) is 7.29. The summed E-state index contributed by atoms with van der Waals surface area (Å²) in [7, 11) is 0. The van der Waals surface area contributed by atoms with E-state index in [1.807, 2.05) is 0 Å². The lowest BCUT2D eigenvalue weighted by Crippen LogP contribution is -2.31. The van der Waals surface area contributed by atoms with Crippen molar-refractivity contribution in [1.82, 2.24) is 70.4 Å². The maximum Gasteiger partial charge on any atom is 0.277 e. The molecule has 1 aromatic carbocycles. The Labute approximate surface area is 177 Å². The maximum atomic E-state index is 13.0. The van der Waals surface area contributed by atoms with E-state index in [-0.39, 0.29) is 51.6 Å². The van der Waals surface area contributed by atoms with Crippen LogP contribution in [0.3, 0.4) is 0 Å². The molecule has 0 aliphatic rings. The van der Waals surface area contributed by atoms with Crippen molar-refractivity contribution in [2.45, 2.75) is 39.0 Å². The Morgan fingerprint density at radius 1 is 0.812 bits per heavy atom. The number of tetrazole rings is 2. The Bertz CT molecular complexity index is 1390. The zero-order valence-electron chi connectivity index (χ0n) is 17.0. The Kier molecular flexibility index (Phi) is 4.65. The van der Waals surface area contributed by atoms with E-state index >= 15 is 0 Å². The molecule has 16 nitrogen and oxygen atoms in total. The van der Waals surface area contributed by atoms with Crippen LogP contribution in [0.4, 0.5) is 0 Å². The SMILES string of the molecule is C[C@H](Cn1ncnn1)n1nnc2cc3c(=O)n([C@@H](C)Cn4cnnn4)nnc3cc2c1=O. The Hall–Kier alpha value is -4.50. The number of aromatic nitrogens is 14. The van der Waals surface area contributed by atoms with Crippen LogP contribution in [-0.2, 0) is 13.1 Å². The predicted octanol–water partition coefficient (Wildman–Crippen LogP) is -1.61. The molecule has 0 N–H and O–H groups in total. The first-order valence-corrected chi connectivity index (χ1v) is 9.61. The van der Waals surface area contributed by atoms with E-state index in [0.29, 0.717) is 6.54 Å². The normalized spacial score (nSPS) is 13.6. The van der Waals surface area contributed by atoms with Crippen molar-refractivity contribution < 1.29 is 0 Å². The lowest BCUT2D eigenvalue weighted by atomic mass is 10.1. The van der Waals surface area contributed by atoms with Gasteiger partial charge >= 0.3 is 0 Å². The first kappa shape index (κ1) is 19.5. The molecule has 2 atom stereocenters. The van der Waals surface area contributed by atoms with Crippen LogP contribution in [0.5, 0.6) is 0 Å². The third-order valence-electron chi connectivity index (χ3n) is 4.99. The number of fused-ring (bicyclic) bond motifs is 2. The second kappa shape index (κ2) is 7.64. The fraction of sp³-hybridized carbons (Fsp3) is 0.375. The molecule has 16 heteroatoms. The van der Waals surface area contributed by atoms with Gasteiger partial charge in [-0.1, -0.05) is 10.4 Å². The second-order valence-corrected chi connectivity index (χ2v) is 7.29. The molecule has 0 spiro atoms. The molecule has 162 valence electrons. The summed E-state index contributed by atoms with van der Waals surface area (Å²) in [6.07, 6.45) is 2.76. The average Bonchev–Trinajstić information content (AvgIpc) is 3.48. The van der Waals surface area contributed by atoms with E-state index in [1.165, 1.54) is 43.6 Å². The highest BCUT2D eigenvalue weighted by molar-refractivity contribution is 5.93. The van der Waals surface area contributed by atoms with Gasteiger partial charge in [-0.2, -0.15) is 4.80 Å². The molecule has 0 unspecified atom stereocenters. The minimum absolute atomic E-state index is 0.277. The average molecular weight is 436 g/mol. The Balaban J connectivity index is 1.54. The molecule has 0 aliphatic carbocycles. The fourth-order valence-corrected chi connectivity index (χ4v) is 3.38. The van der Waals surface area contributed by atoms with Gasteiger partial charge in [-0.25, -0.2) is 14.0 Å².